The van der Waals surface area contributed by atoms with Gasteiger partial charge in [-0.05, 0) is 12.8 Å². The van der Waals surface area contributed by atoms with Gasteiger partial charge in [-0.1, -0.05) is 46.5 Å². The molecule has 1 rings (SSSR count). The first-order chi connectivity index (χ1) is 10.5. The SMILES string of the molecule is CCC.CCC(=O)NC1(C(=O)NCC(=O)OC)CCCCC1. The smallest absolute Gasteiger partial charge is 0.325 e. The predicted molar refractivity (Wildman–Crippen MR) is 85.2 cm³/mol. The molecule has 0 unspecified atom stereocenters. The lowest BCUT2D eigenvalue weighted by Crippen LogP contribution is -2.60. The highest BCUT2D eigenvalue weighted by Gasteiger charge is 2.40. The summed E-state index contributed by atoms with van der Waals surface area (Å²) in [6, 6.07) is 0. The molecule has 128 valence electrons. The molecule has 0 spiro atoms. The zero-order chi connectivity index (χ0) is 17.0. The summed E-state index contributed by atoms with van der Waals surface area (Å²) in [6.07, 6.45) is 5.68. The van der Waals surface area contributed by atoms with Crippen molar-refractivity contribution in [2.24, 2.45) is 0 Å². The van der Waals surface area contributed by atoms with E-state index in [2.05, 4.69) is 29.2 Å². The zero-order valence-corrected chi connectivity index (χ0v) is 14.3. The minimum atomic E-state index is -0.862. The third kappa shape index (κ3) is 6.91. The summed E-state index contributed by atoms with van der Waals surface area (Å²) >= 11 is 0. The summed E-state index contributed by atoms with van der Waals surface area (Å²) in [5, 5.41) is 5.37. The van der Waals surface area contributed by atoms with Gasteiger partial charge in [0, 0.05) is 6.42 Å². The van der Waals surface area contributed by atoms with Crippen molar-refractivity contribution in [1.82, 2.24) is 10.6 Å². The summed E-state index contributed by atoms with van der Waals surface area (Å²) in [5.41, 5.74) is -0.862. The first-order valence-corrected chi connectivity index (χ1v) is 8.11. The number of amides is 2. The minimum absolute atomic E-state index is 0.143. The third-order valence-electron chi connectivity index (χ3n) is 3.46. The third-order valence-corrected chi connectivity index (χ3v) is 3.46. The molecule has 0 radical (unpaired) electrons. The molecular formula is C16H30N2O4. The molecule has 1 aliphatic carbocycles. The Morgan fingerprint density at radius 3 is 2.05 bits per heavy atom. The lowest BCUT2D eigenvalue weighted by atomic mass is 9.80. The Labute approximate surface area is 133 Å². The number of ether oxygens (including phenoxy) is 1. The van der Waals surface area contributed by atoms with E-state index in [4.69, 9.17) is 0 Å². The lowest BCUT2D eigenvalue weighted by Gasteiger charge is -2.36. The van der Waals surface area contributed by atoms with Crippen LogP contribution in [0.2, 0.25) is 0 Å². The monoisotopic (exact) mass is 314 g/mol. The first kappa shape index (κ1) is 20.4. The van der Waals surface area contributed by atoms with Gasteiger partial charge in [0.1, 0.15) is 12.1 Å². The van der Waals surface area contributed by atoms with E-state index in [0.29, 0.717) is 19.3 Å². The molecule has 1 saturated carbocycles. The average molecular weight is 314 g/mol. The summed E-state index contributed by atoms with van der Waals surface area (Å²) in [7, 11) is 1.27. The van der Waals surface area contributed by atoms with Gasteiger partial charge < -0.3 is 15.4 Å². The first-order valence-electron chi connectivity index (χ1n) is 8.11. The molecular weight excluding hydrogens is 284 g/mol. The fourth-order valence-corrected chi connectivity index (χ4v) is 2.31. The van der Waals surface area contributed by atoms with E-state index in [0.717, 1.165) is 19.3 Å². The highest BCUT2D eigenvalue weighted by atomic mass is 16.5. The standard InChI is InChI=1S/C13H22N2O4.C3H8/c1-3-10(16)15-13(7-5-4-6-8-13)12(18)14-9-11(17)19-2;1-3-2/h3-9H2,1-2H3,(H,14,18)(H,15,16);3H2,1-2H3. The second-order valence-corrected chi connectivity index (χ2v) is 5.51. The van der Waals surface area contributed by atoms with Gasteiger partial charge in [-0.3, -0.25) is 14.4 Å². The van der Waals surface area contributed by atoms with Crippen LogP contribution in [0.4, 0.5) is 0 Å². The zero-order valence-electron chi connectivity index (χ0n) is 14.3. The lowest BCUT2D eigenvalue weighted by molar-refractivity contribution is -0.142. The van der Waals surface area contributed by atoms with Crippen LogP contribution >= 0.6 is 0 Å². The summed E-state index contributed by atoms with van der Waals surface area (Å²) < 4.78 is 4.48. The second-order valence-electron chi connectivity index (χ2n) is 5.51. The largest absolute Gasteiger partial charge is 0.468 e. The van der Waals surface area contributed by atoms with Crippen molar-refractivity contribution < 1.29 is 19.1 Å². The van der Waals surface area contributed by atoms with Crippen molar-refractivity contribution in [3.8, 4) is 0 Å². The quantitative estimate of drug-likeness (QED) is 0.759. The Bertz CT molecular complexity index is 363. The Hall–Kier alpha value is -1.59. The molecule has 0 atom stereocenters. The number of hydrogen-bond donors (Lipinski definition) is 2. The van der Waals surface area contributed by atoms with Gasteiger partial charge in [0.15, 0.2) is 0 Å². The number of esters is 1. The average Bonchev–Trinajstić information content (AvgIpc) is 2.53. The molecule has 1 fully saturated rings. The van der Waals surface area contributed by atoms with Crippen LogP contribution in [0.15, 0.2) is 0 Å². The Kier molecular flexibility index (Phi) is 10.2. The van der Waals surface area contributed by atoms with Gasteiger partial charge in [-0.25, -0.2) is 0 Å². The number of methoxy groups -OCH3 is 1. The number of carbonyl (C=O) groups is 3. The van der Waals surface area contributed by atoms with Crippen molar-refractivity contribution in [2.45, 2.75) is 71.3 Å². The maximum atomic E-state index is 12.3. The molecule has 0 aromatic rings. The molecule has 0 heterocycles. The van der Waals surface area contributed by atoms with Crippen molar-refractivity contribution in [2.75, 3.05) is 13.7 Å². The van der Waals surface area contributed by atoms with Crippen LogP contribution in [0.1, 0.15) is 65.7 Å². The van der Waals surface area contributed by atoms with Gasteiger partial charge >= 0.3 is 5.97 Å². The normalized spacial score (nSPS) is 15.8. The molecule has 22 heavy (non-hydrogen) atoms. The number of rotatable bonds is 5. The Morgan fingerprint density at radius 2 is 1.59 bits per heavy atom. The molecule has 0 saturated heterocycles. The molecule has 0 aromatic carbocycles. The molecule has 6 heteroatoms. The molecule has 0 bridgehead atoms. The van der Waals surface area contributed by atoms with Crippen LogP contribution < -0.4 is 10.6 Å². The van der Waals surface area contributed by atoms with Gasteiger partial charge in [-0.15, -0.1) is 0 Å². The molecule has 2 N–H and O–H groups in total. The minimum Gasteiger partial charge on any atom is -0.468 e. The predicted octanol–water partition coefficient (Wildman–Crippen LogP) is 1.92. The van der Waals surface area contributed by atoms with E-state index in [-0.39, 0.29) is 18.4 Å². The van der Waals surface area contributed by atoms with Crippen molar-refractivity contribution in [3.63, 3.8) is 0 Å². The maximum Gasteiger partial charge on any atom is 0.325 e. The van der Waals surface area contributed by atoms with Crippen LogP contribution in [0.5, 0.6) is 0 Å². The van der Waals surface area contributed by atoms with E-state index >= 15 is 0 Å². The van der Waals surface area contributed by atoms with E-state index in [9.17, 15) is 14.4 Å². The highest BCUT2D eigenvalue weighted by molar-refractivity contribution is 5.93. The molecule has 6 nitrogen and oxygen atoms in total. The molecule has 0 aromatic heterocycles. The summed E-state index contributed by atoms with van der Waals surface area (Å²) in [4.78, 5) is 34.9. The molecule has 0 aliphatic heterocycles. The topological polar surface area (TPSA) is 84.5 Å². The Morgan fingerprint density at radius 1 is 1.05 bits per heavy atom. The van der Waals surface area contributed by atoms with Crippen LogP contribution in [0, 0.1) is 0 Å². The van der Waals surface area contributed by atoms with Crippen LogP contribution in [0.25, 0.3) is 0 Å². The summed E-state index contributed by atoms with van der Waals surface area (Å²) in [6.45, 7) is 5.83. The van der Waals surface area contributed by atoms with E-state index < -0.39 is 11.5 Å². The van der Waals surface area contributed by atoms with E-state index in [1.165, 1.54) is 13.5 Å². The van der Waals surface area contributed by atoms with Crippen LogP contribution in [0.3, 0.4) is 0 Å². The molecule has 2 amide bonds. The van der Waals surface area contributed by atoms with Crippen molar-refractivity contribution in [1.29, 1.82) is 0 Å². The van der Waals surface area contributed by atoms with E-state index in [1.807, 2.05) is 0 Å². The fourth-order valence-electron chi connectivity index (χ4n) is 2.31. The number of carbonyl (C=O) groups excluding carboxylic acids is 3. The van der Waals surface area contributed by atoms with Gasteiger partial charge in [0.05, 0.1) is 7.11 Å². The van der Waals surface area contributed by atoms with Crippen LogP contribution in [-0.2, 0) is 19.1 Å². The summed E-state index contributed by atoms with van der Waals surface area (Å²) in [5.74, 6) is -0.935. The van der Waals surface area contributed by atoms with E-state index in [1.54, 1.807) is 6.92 Å². The second kappa shape index (κ2) is 11.0. The molecule has 1 aliphatic rings. The fraction of sp³-hybridized carbons (Fsp3) is 0.812. The maximum absolute atomic E-state index is 12.3. The number of nitrogens with one attached hydrogen (secondary N) is 2. The highest BCUT2D eigenvalue weighted by Crippen LogP contribution is 2.28. The van der Waals surface area contributed by atoms with Gasteiger partial charge in [0.25, 0.3) is 0 Å². The van der Waals surface area contributed by atoms with Crippen LogP contribution in [-0.4, -0.2) is 37.0 Å². The van der Waals surface area contributed by atoms with Crippen molar-refractivity contribution in [3.05, 3.63) is 0 Å². The number of hydrogen-bond acceptors (Lipinski definition) is 4. The van der Waals surface area contributed by atoms with Crippen molar-refractivity contribution >= 4 is 17.8 Å². The van der Waals surface area contributed by atoms with Gasteiger partial charge in [-0.2, -0.15) is 0 Å². The van der Waals surface area contributed by atoms with Gasteiger partial charge in [0.2, 0.25) is 11.8 Å². The Balaban J connectivity index is 0.00000135.